The lowest BCUT2D eigenvalue weighted by atomic mass is 10.2. The number of hydrogen-bond acceptors (Lipinski definition) is 4. The monoisotopic (exact) mass is 363 g/mol. The zero-order chi connectivity index (χ0) is 15.9. The molecule has 1 heterocycles. The van der Waals surface area contributed by atoms with E-state index in [1.54, 1.807) is 37.6 Å². The van der Waals surface area contributed by atoms with Gasteiger partial charge in [-0.25, -0.2) is 4.79 Å². The number of methoxy groups -OCH3 is 1. The van der Waals surface area contributed by atoms with Gasteiger partial charge in [0.25, 0.3) is 0 Å². The van der Waals surface area contributed by atoms with Crippen LogP contribution in [0.1, 0.15) is 16.1 Å². The molecule has 5 nitrogen and oxygen atoms in total. The summed E-state index contributed by atoms with van der Waals surface area (Å²) in [5, 5.41) is 0. The summed E-state index contributed by atoms with van der Waals surface area (Å²) in [6.45, 7) is -0.306. The Labute approximate surface area is 136 Å². The number of nitrogens with one attached hydrogen (secondary N) is 1. The summed E-state index contributed by atoms with van der Waals surface area (Å²) < 4.78 is 11.0. The standard InChI is InChI=1S/C16H14BrNO4/c1-21-15-6-5-12(17)9-11(15)4-7-16(20)22-10-14(19)13-3-2-8-18-13/h2-9,18H,10H2,1H3/b7-4+. The van der Waals surface area contributed by atoms with E-state index in [9.17, 15) is 9.59 Å². The average Bonchev–Trinajstić information content (AvgIpc) is 3.05. The van der Waals surface area contributed by atoms with E-state index in [1.165, 1.54) is 6.08 Å². The van der Waals surface area contributed by atoms with E-state index >= 15 is 0 Å². The quantitative estimate of drug-likeness (QED) is 0.486. The molecular formula is C16H14BrNO4. The van der Waals surface area contributed by atoms with Crippen molar-refractivity contribution in [2.45, 2.75) is 0 Å². The molecule has 0 bridgehead atoms. The minimum Gasteiger partial charge on any atom is -0.496 e. The number of aromatic nitrogens is 1. The number of halogens is 1. The Morgan fingerprint density at radius 1 is 1.32 bits per heavy atom. The molecule has 0 radical (unpaired) electrons. The highest BCUT2D eigenvalue weighted by Crippen LogP contribution is 2.24. The smallest absolute Gasteiger partial charge is 0.331 e. The van der Waals surface area contributed by atoms with Crippen LogP contribution in [0.5, 0.6) is 5.75 Å². The van der Waals surface area contributed by atoms with Gasteiger partial charge in [0.15, 0.2) is 6.61 Å². The Hall–Kier alpha value is -2.34. The van der Waals surface area contributed by atoms with Gasteiger partial charge in [-0.05, 0) is 36.4 Å². The first-order valence-corrected chi connectivity index (χ1v) is 7.24. The van der Waals surface area contributed by atoms with E-state index in [2.05, 4.69) is 20.9 Å². The van der Waals surface area contributed by atoms with E-state index in [1.807, 2.05) is 12.1 Å². The fraction of sp³-hybridized carbons (Fsp3) is 0.125. The molecule has 0 saturated heterocycles. The van der Waals surface area contributed by atoms with Gasteiger partial charge in [0, 0.05) is 22.3 Å². The lowest BCUT2D eigenvalue weighted by Gasteiger charge is -2.05. The highest BCUT2D eigenvalue weighted by molar-refractivity contribution is 9.10. The topological polar surface area (TPSA) is 68.4 Å². The minimum atomic E-state index is -0.595. The SMILES string of the molecule is COc1ccc(Br)cc1/C=C/C(=O)OCC(=O)c1ccc[nH]1. The van der Waals surface area contributed by atoms with Crippen molar-refractivity contribution in [3.8, 4) is 5.75 Å². The van der Waals surface area contributed by atoms with Gasteiger partial charge in [-0.1, -0.05) is 15.9 Å². The fourth-order valence-electron chi connectivity index (χ4n) is 1.76. The first-order chi connectivity index (χ1) is 10.6. The molecule has 6 heteroatoms. The molecule has 0 aliphatic heterocycles. The van der Waals surface area contributed by atoms with E-state index in [0.717, 1.165) is 10.0 Å². The van der Waals surface area contributed by atoms with E-state index in [0.29, 0.717) is 11.4 Å². The fourth-order valence-corrected chi connectivity index (χ4v) is 2.14. The summed E-state index contributed by atoms with van der Waals surface area (Å²) in [4.78, 5) is 26.1. The number of carbonyl (C=O) groups is 2. The van der Waals surface area contributed by atoms with Crippen molar-refractivity contribution < 1.29 is 19.1 Å². The van der Waals surface area contributed by atoms with Crippen LogP contribution in [0.25, 0.3) is 6.08 Å². The summed E-state index contributed by atoms with van der Waals surface area (Å²) in [7, 11) is 1.55. The molecule has 0 fully saturated rings. The summed E-state index contributed by atoms with van der Waals surface area (Å²) >= 11 is 3.35. The van der Waals surface area contributed by atoms with Gasteiger partial charge in [-0.15, -0.1) is 0 Å². The molecule has 2 aromatic rings. The van der Waals surface area contributed by atoms with Crippen molar-refractivity contribution >= 4 is 33.8 Å². The van der Waals surface area contributed by atoms with Gasteiger partial charge in [0.1, 0.15) is 5.75 Å². The molecule has 114 valence electrons. The number of Topliss-reactive ketones (excluding diaryl/α,β-unsaturated/α-hetero) is 1. The highest BCUT2D eigenvalue weighted by atomic mass is 79.9. The molecule has 2 rings (SSSR count). The predicted molar refractivity (Wildman–Crippen MR) is 85.8 cm³/mol. The van der Waals surface area contributed by atoms with Gasteiger partial charge in [-0.3, -0.25) is 4.79 Å². The maximum atomic E-state index is 11.7. The number of ether oxygens (including phenoxy) is 2. The third-order valence-electron chi connectivity index (χ3n) is 2.83. The van der Waals surface area contributed by atoms with Crippen molar-refractivity contribution in [3.05, 3.63) is 58.3 Å². The van der Waals surface area contributed by atoms with Gasteiger partial charge in [-0.2, -0.15) is 0 Å². The second kappa shape index (κ2) is 7.61. The number of rotatable bonds is 6. The Morgan fingerprint density at radius 2 is 2.14 bits per heavy atom. The van der Waals surface area contributed by atoms with Crippen molar-refractivity contribution in [2.24, 2.45) is 0 Å². The molecule has 22 heavy (non-hydrogen) atoms. The van der Waals surface area contributed by atoms with Gasteiger partial charge >= 0.3 is 5.97 Å². The van der Waals surface area contributed by atoms with Crippen LogP contribution >= 0.6 is 15.9 Å². The molecule has 1 aromatic carbocycles. The van der Waals surface area contributed by atoms with Crippen LogP contribution < -0.4 is 4.74 Å². The van der Waals surface area contributed by atoms with Crippen molar-refractivity contribution in [1.29, 1.82) is 0 Å². The summed E-state index contributed by atoms with van der Waals surface area (Å²) in [6.07, 6.45) is 4.46. The highest BCUT2D eigenvalue weighted by Gasteiger charge is 2.09. The number of benzene rings is 1. The van der Waals surface area contributed by atoms with Crippen molar-refractivity contribution in [2.75, 3.05) is 13.7 Å². The third kappa shape index (κ3) is 4.33. The van der Waals surface area contributed by atoms with Crippen LogP contribution in [0.2, 0.25) is 0 Å². The van der Waals surface area contributed by atoms with Crippen molar-refractivity contribution in [1.82, 2.24) is 4.98 Å². The van der Waals surface area contributed by atoms with E-state index < -0.39 is 5.97 Å². The molecule has 0 aliphatic carbocycles. The largest absolute Gasteiger partial charge is 0.496 e. The summed E-state index contributed by atoms with van der Waals surface area (Å²) in [5.41, 5.74) is 1.13. The molecule has 0 saturated carbocycles. The Bertz CT molecular complexity index is 692. The van der Waals surface area contributed by atoms with E-state index in [-0.39, 0.29) is 12.4 Å². The number of aromatic amines is 1. The number of esters is 1. The zero-order valence-electron chi connectivity index (χ0n) is 11.8. The average molecular weight is 364 g/mol. The molecule has 1 N–H and O–H groups in total. The summed E-state index contributed by atoms with van der Waals surface area (Å²) in [5.74, 6) is -0.247. The normalized spacial score (nSPS) is 10.6. The first kappa shape index (κ1) is 16.0. The number of carbonyl (C=O) groups excluding carboxylic acids is 2. The molecule has 0 spiro atoms. The number of ketones is 1. The third-order valence-corrected chi connectivity index (χ3v) is 3.33. The second-order valence-electron chi connectivity index (χ2n) is 4.33. The Kier molecular flexibility index (Phi) is 5.55. The molecular weight excluding hydrogens is 350 g/mol. The van der Waals surface area contributed by atoms with Gasteiger partial charge < -0.3 is 14.5 Å². The maximum absolute atomic E-state index is 11.7. The molecule has 0 amide bonds. The zero-order valence-corrected chi connectivity index (χ0v) is 13.4. The van der Waals surface area contributed by atoms with Crippen LogP contribution in [0.15, 0.2) is 47.1 Å². The van der Waals surface area contributed by atoms with Crippen LogP contribution in [0.3, 0.4) is 0 Å². The van der Waals surface area contributed by atoms with Crippen LogP contribution in [-0.2, 0) is 9.53 Å². The lowest BCUT2D eigenvalue weighted by Crippen LogP contribution is -2.12. The molecule has 1 aromatic heterocycles. The molecule has 0 aliphatic rings. The van der Waals surface area contributed by atoms with Crippen molar-refractivity contribution in [3.63, 3.8) is 0 Å². The van der Waals surface area contributed by atoms with Crippen LogP contribution in [0.4, 0.5) is 0 Å². The first-order valence-electron chi connectivity index (χ1n) is 6.45. The van der Waals surface area contributed by atoms with Crippen LogP contribution in [0, 0.1) is 0 Å². The van der Waals surface area contributed by atoms with E-state index in [4.69, 9.17) is 9.47 Å². The number of hydrogen-bond donors (Lipinski definition) is 1. The Balaban J connectivity index is 1.94. The van der Waals surface area contributed by atoms with Crippen LogP contribution in [-0.4, -0.2) is 30.5 Å². The number of H-pyrrole nitrogens is 1. The summed E-state index contributed by atoms with van der Waals surface area (Å²) in [6, 6.07) is 8.76. The van der Waals surface area contributed by atoms with Gasteiger partial charge in [0.2, 0.25) is 5.78 Å². The second-order valence-corrected chi connectivity index (χ2v) is 5.25. The predicted octanol–water partition coefficient (Wildman–Crippen LogP) is 3.23. The maximum Gasteiger partial charge on any atom is 0.331 e. The molecule has 0 atom stereocenters. The Morgan fingerprint density at radius 3 is 2.82 bits per heavy atom. The molecule has 0 unspecified atom stereocenters. The van der Waals surface area contributed by atoms with Gasteiger partial charge in [0.05, 0.1) is 12.8 Å². The lowest BCUT2D eigenvalue weighted by molar-refractivity contribution is -0.136. The minimum absolute atomic E-state index is 0.285.